The normalized spacial score (nSPS) is 21.8. The Balaban J connectivity index is 1.38. The lowest BCUT2D eigenvalue weighted by molar-refractivity contribution is -0.135. The van der Waals surface area contributed by atoms with Gasteiger partial charge in [-0.15, -0.1) is 0 Å². The van der Waals surface area contributed by atoms with Crippen LogP contribution in [-0.2, 0) is 17.8 Å². The van der Waals surface area contributed by atoms with Crippen LogP contribution in [0.1, 0.15) is 57.1 Å². The summed E-state index contributed by atoms with van der Waals surface area (Å²) in [5, 5.41) is 3.28. The van der Waals surface area contributed by atoms with Gasteiger partial charge in [0.2, 0.25) is 5.91 Å². The Morgan fingerprint density at radius 3 is 2.58 bits per heavy atom. The van der Waals surface area contributed by atoms with Gasteiger partial charge in [0.15, 0.2) is 0 Å². The van der Waals surface area contributed by atoms with E-state index >= 15 is 0 Å². The average Bonchev–Trinajstić information content (AvgIpc) is 2.83. The van der Waals surface area contributed by atoms with Crippen molar-refractivity contribution in [2.24, 2.45) is 5.41 Å². The van der Waals surface area contributed by atoms with Gasteiger partial charge >= 0.3 is 0 Å². The molecular formula is C28H38N2O3. The van der Waals surface area contributed by atoms with Crippen molar-refractivity contribution in [3.05, 3.63) is 59.7 Å². The van der Waals surface area contributed by atoms with Gasteiger partial charge in [0, 0.05) is 6.54 Å². The Labute approximate surface area is 198 Å². The number of benzene rings is 2. The van der Waals surface area contributed by atoms with Gasteiger partial charge in [0.05, 0.1) is 18.1 Å². The summed E-state index contributed by atoms with van der Waals surface area (Å²) in [6.45, 7) is 8.06. The van der Waals surface area contributed by atoms with Crippen molar-refractivity contribution < 1.29 is 14.3 Å². The highest BCUT2D eigenvalue weighted by Gasteiger charge is 2.41. The summed E-state index contributed by atoms with van der Waals surface area (Å²) in [5.41, 5.74) is 2.31. The Kier molecular flexibility index (Phi) is 7.92. The van der Waals surface area contributed by atoms with E-state index in [2.05, 4.69) is 34.5 Å². The van der Waals surface area contributed by atoms with Crippen molar-refractivity contribution in [1.82, 2.24) is 10.2 Å². The van der Waals surface area contributed by atoms with Crippen molar-refractivity contribution in [3.8, 4) is 11.5 Å². The van der Waals surface area contributed by atoms with Crippen molar-refractivity contribution in [2.75, 3.05) is 26.3 Å². The Morgan fingerprint density at radius 2 is 1.82 bits per heavy atom. The van der Waals surface area contributed by atoms with Crippen LogP contribution in [0.4, 0.5) is 0 Å². The lowest BCUT2D eigenvalue weighted by Crippen LogP contribution is -2.51. The summed E-state index contributed by atoms with van der Waals surface area (Å²) in [7, 11) is 0. The third-order valence-electron chi connectivity index (χ3n) is 7.13. The van der Waals surface area contributed by atoms with Gasteiger partial charge in [0.1, 0.15) is 18.1 Å². The molecule has 1 atom stereocenters. The number of carbonyl (C=O) groups is 1. The number of hydrogen-bond donors (Lipinski definition) is 1. The zero-order chi connectivity index (χ0) is 23.1. The van der Waals surface area contributed by atoms with Crippen LogP contribution in [0.2, 0.25) is 0 Å². The van der Waals surface area contributed by atoms with E-state index in [-0.39, 0.29) is 17.4 Å². The van der Waals surface area contributed by atoms with Crippen molar-refractivity contribution in [3.63, 3.8) is 0 Å². The third-order valence-corrected chi connectivity index (χ3v) is 7.13. The third kappa shape index (κ3) is 6.08. The molecule has 178 valence electrons. The Morgan fingerprint density at radius 1 is 1.06 bits per heavy atom. The smallest absolute Gasteiger partial charge is 0.226 e. The molecule has 2 aromatic rings. The number of fused-ring (bicyclic) bond motifs is 1. The molecule has 1 N–H and O–H groups in total. The molecule has 2 aromatic carbocycles. The maximum Gasteiger partial charge on any atom is 0.226 e. The van der Waals surface area contributed by atoms with Gasteiger partial charge < -0.3 is 14.8 Å². The quantitative estimate of drug-likeness (QED) is 0.714. The summed E-state index contributed by atoms with van der Waals surface area (Å²) in [4.78, 5) is 15.9. The predicted molar refractivity (Wildman–Crippen MR) is 132 cm³/mol. The molecule has 0 aromatic heterocycles. The van der Waals surface area contributed by atoms with E-state index in [1.165, 1.54) is 11.1 Å². The van der Waals surface area contributed by atoms with Crippen LogP contribution in [0.15, 0.2) is 48.5 Å². The fourth-order valence-electron chi connectivity index (χ4n) is 5.11. The van der Waals surface area contributed by atoms with Crippen LogP contribution < -0.4 is 14.8 Å². The standard InChI is InChI=1S/C28H38N2O3/c1-3-32-25-13-11-23(12-14-25)20-30-18-16-28(17-19-30)15-7-6-9-24-8-4-5-10-26(24)33-21-22(2)29-27(28)31/h4-5,8,10-14,22H,3,6-7,9,15-21H2,1-2H3,(H,29,31)/t22-/m1/s1. The minimum absolute atomic E-state index is 0.0104. The monoisotopic (exact) mass is 450 g/mol. The van der Waals surface area contributed by atoms with Crippen molar-refractivity contribution >= 4 is 5.91 Å². The molecule has 0 aliphatic carbocycles. The summed E-state index contributed by atoms with van der Waals surface area (Å²) in [5.74, 6) is 2.09. The first kappa shape index (κ1) is 23.6. The van der Waals surface area contributed by atoms with Gasteiger partial charge in [-0.25, -0.2) is 0 Å². The second-order valence-corrected chi connectivity index (χ2v) is 9.63. The van der Waals surface area contributed by atoms with Gasteiger partial charge in [-0.1, -0.05) is 36.8 Å². The predicted octanol–water partition coefficient (Wildman–Crippen LogP) is 4.98. The Hall–Kier alpha value is -2.53. The number of piperidine rings is 1. The fourth-order valence-corrected chi connectivity index (χ4v) is 5.11. The average molecular weight is 451 g/mol. The molecule has 2 aliphatic rings. The lowest BCUT2D eigenvalue weighted by atomic mass is 9.73. The van der Waals surface area contributed by atoms with Crippen molar-refractivity contribution in [1.29, 1.82) is 0 Å². The van der Waals surface area contributed by atoms with E-state index in [1.54, 1.807) is 0 Å². The minimum atomic E-state index is -0.262. The largest absolute Gasteiger partial charge is 0.494 e. The zero-order valence-electron chi connectivity index (χ0n) is 20.1. The van der Waals surface area contributed by atoms with Gasteiger partial charge in [0.25, 0.3) is 0 Å². The molecule has 1 saturated heterocycles. The molecule has 0 bridgehead atoms. The molecule has 1 spiro atoms. The number of aryl methyl sites for hydroxylation is 1. The highest BCUT2D eigenvalue weighted by molar-refractivity contribution is 5.83. The number of ether oxygens (including phenoxy) is 2. The fraction of sp³-hybridized carbons (Fsp3) is 0.536. The maximum absolute atomic E-state index is 13.4. The van der Waals surface area contributed by atoms with Crippen molar-refractivity contribution in [2.45, 2.75) is 65.0 Å². The molecule has 5 heteroatoms. The summed E-state index contributed by atoms with van der Waals surface area (Å²) >= 11 is 0. The van der Waals surface area contributed by atoms with E-state index in [4.69, 9.17) is 9.47 Å². The summed E-state index contributed by atoms with van der Waals surface area (Å²) < 4.78 is 11.6. The number of hydrogen-bond acceptors (Lipinski definition) is 4. The first-order valence-electron chi connectivity index (χ1n) is 12.5. The van der Waals surface area contributed by atoms with Crippen LogP contribution in [0.5, 0.6) is 11.5 Å². The minimum Gasteiger partial charge on any atom is -0.494 e. The molecule has 0 saturated carbocycles. The molecule has 1 fully saturated rings. The zero-order valence-corrected chi connectivity index (χ0v) is 20.1. The highest BCUT2D eigenvalue weighted by atomic mass is 16.5. The lowest BCUT2D eigenvalue weighted by Gasteiger charge is -2.41. The molecule has 2 aliphatic heterocycles. The van der Waals surface area contributed by atoms with Gasteiger partial charge in [-0.3, -0.25) is 9.69 Å². The molecule has 0 unspecified atom stereocenters. The van der Waals surface area contributed by atoms with Crippen LogP contribution in [0.3, 0.4) is 0 Å². The summed E-state index contributed by atoms with van der Waals surface area (Å²) in [6.07, 6.45) is 5.95. The SMILES string of the molecule is CCOc1ccc(CN2CCC3(CCCCc4ccccc4OC[C@@H](C)NC3=O)CC2)cc1. The highest BCUT2D eigenvalue weighted by Crippen LogP contribution is 2.38. The molecule has 0 radical (unpaired) electrons. The van der Waals surface area contributed by atoms with Crippen LogP contribution in [0, 0.1) is 5.41 Å². The number of para-hydroxylation sites is 1. The first-order chi connectivity index (χ1) is 16.1. The second-order valence-electron chi connectivity index (χ2n) is 9.63. The maximum atomic E-state index is 13.4. The van der Waals surface area contributed by atoms with E-state index in [9.17, 15) is 4.79 Å². The number of nitrogens with zero attached hydrogens (tertiary/aromatic N) is 1. The number of nitrogens with one attached hydrogen (secondary N) is 1. The van der Waals surface area contributed by atoms with E-state index in [0.29, 0.717) is 13.2 Å². The number of amides is 1. The number of likely N-dealkylation sites (tertiary alicyclic amines) is 1. The van der Waals surface area contributed by atoms with Gasteiger partial charge in [-0.2, -0.15) is 0 Å². The van der Waals surface area contributed by atoms with E-state index in [1.807, 2.05) is 38.1 Å². The molecular weight excluding hydrogens is 412 g/mol. The topological polar surface area (TPSA) is 50.8 Å². The summed E-state index contributed by atoms with van der Waals surface area (Å²) in [6, 6.07) is 16.7. The van der Waals surface area contributed by atoms with Crippen LogP contribution >= 0.6 is 0 Å². The molecule has 5 nitrogen and oxygen atoms in total. The van der Waals surface area contributed by atoms with Crippen LogP contribution in [-0.4, -0.2) is 43.2 Å². The first-order valence-corrected chi connectivity index (χ1v) is 12.5. The Bertz CT molecular complexity index is 904. The molecule has 4 rings (SSSR count). The number of rotatable bonds is 4. The molecule has 1 amide bonds. The van der Waals surface area contributed by atoms with Crippen LogP contribution in [0.25, 0.3) is 0 Å². The van der Waals surface area contributed by atoms with E-state index < -0.39 is 0 Å². The number of carbonyl (C=O) groups excluding carboxylic acids is 1. The van der Waals surface area contributed by atoms with Gasteiger partial charge in [-0.05, 0) is 88.4 Å². The molecule has 2 heterocycles. The van der Waals surface area contributed by atoms with E-state index in [0.717, 1.165) is 69.7 Å². The molecule has 33 heavy (non-hydrogen) atoms. The second kappa shape index (κ2) is 11.1.